The molecule has 3 N–H and O–H groups in total. The number of guanidine groups is 1. The van der Waals surface area contributed by atoms with Crippen LogP contribution in [-0.2, 0) is 9.47 Å². The third kappa shape index (κ3) is 8.69. The van der Waals surface area contributed by atoms with Crippen LogP contribution >= 0.6 is 24.0 Å². The molecule has 0 radical (unpaired) electrons. The van der Waals surface area contributed by atoms with Crippen LogP contribution in [-0.4, -0.2) is 88.3 Å². The maximum Gasteiger partial charge on any atom is 0.191 e. The summed E-state index contributed by atoms with van der Waals surface area (Å²) in [5.74, 6) is 0.873. The predicted molar refractivity (Wildman–Crippen MR) is 115 cm³/mol. The summed E-state index contributed by atoms with van der Waals surface area (Å²) in [6.45, 7) is 11.3. The number of rotatable bonds is 10. The molecule has 2 aliphatic heterocycles. The van der Waals surface area contributed by atoms with Gasteiger partial charge in [-0.25, -0.2) is 0 Å². The molecule has 2 saturated heterocycles. The second-order valence-corrected chi connectivity index (χ2v) is 7.06. The number of unbranched alkanes of at least 4 members (excludes halogenated alkanes) is 1. The first-order chi connectivity index (χ1) is 12.3. The molecule has 0 aromatic carbocycles. The van der Waals surface area contributed by atoms with Gasteiger partial charge in [-0.05, 0) is 39.2 Å². The summed E-state index contributed by atoms with van der Waals surface area (Å²) in [6.07, 6.45) is 4.06. The van der Waals surface area contributed by atoms with Crippen LogP contribution in [0.2, 0.25) is 0 Å². The summed E-state index contributed by atoms with van der Waals surface area (Å²) >= 11 is 0. The van der Waals surface area contributed by atoms with Crippen LogP contribution in [0.5, 0.6) is 0 Å². The van der Waals surface area contributed by atoms with Crippen LogP contribution in [0.3, 0.4) is 0 Å². The zero-order valence-corrected chi connectivity index (χ0v) is 18.5. The van der Waals surface area contributed by atoms with Gasteiger partial charge in [-0.2, -0.15) is 0 Å². The molecular formula is C18H37IN4O3. The molecule has 1 atom stereocenters. The van der Waals surface area contributed by atoms with Gasteiger partial charge >= 0.3 is 0 Å². The van der Waals surface area contributed by atoms with Gasteiger partial charge in [0.05, 0.1) is 26.4 Å². The average Bonchev–Trinajstić information content (AvgIpc) is 3.09. The Labute approximate surface area is 175 Å². The lowest BCUT2D eigenvalue weighted by Gasteiger charge is -2.26. The van der Waals surface area contributed by atoms with E-state index >= 15 is 0 Å². The highest BCUT2D eigenvalue weighted by Gasteiger charge is 2.34. The number of hydrogen-bond donors (Lipinski definition) is 3. The highest BCUT2D eigenvalue weighted by atomic mass is 127. The first-order valence-electron chi connectivity index (χ1n) is 9.79. The fourth-order valence-corrected chi connectivity index (χ4v) is 3.37. The normalized spacial score (nSPS) is 24.3. The van der Waals surface area contributed by atoms with Crippen molar-refractivity contribution in [2.45, 2.75) is 32.6 Å². The summed E-state index contributed by atoms with van der Waals surface area (Å²) in [5, 5.41) is 16.1. The van der Waals surface area contributed by atoms with E-state index in [1.165, 1.54) is 6.42 Å². The molecule has 2 rings (SSSR count). The van der Waals surface area contributed by atoms with Crippen LogP contribution in [0.25, 0.3) is 0 Å². The van der Waals surface area contributed by atoms with E-state index in [-0.39, 0.29) is 36.0 Å². The Morgan fingerprint density at radius 2 is 1.96 bits per heavy atom. The molecule has 0 aromatic rings. The molecule has 154 valence electrons. The molecule has 2 aliphatic rings. The van der Waals surface area contributed by atoms with Crippen LogP contribution in [0.15, 0.2) is 4.99 Å². The summed E-state index contributed by atoms with van der Waals surface area (Å²) in [5.41, 5.74) is 0.00738. The van der Waals surface area contributed by atoms with Crippen molar-refractivity contribution < 1.29 is 14.6 Å². The minimum Gasteiger partial charge on any atom is -0.396 e. The fraction of sp³-hybridized carbons (Fsp3) is 0.944. The fourth-order valence-electron chi connectivity index (χ4n) is 3.37. The number of aliphatic hydroxyl groups excluding tert-OH is 1. The number of ether oxygens (including phenoxy) is 2. The van der Waals surface area contributed by atoms with Crippen molar-refractivity contribution in [2.75, 3.05) is 72.3 Å². The summed E-state index contributed by atoms with van der Waals surface area (Å²) in [4.78, 5) is 7.22. The molecule has 2 fully saturated rings. The van der Waals surface area contributed by atoms with E-state index in [1.54, 1.807) is 0 Å². The molecule has 0 spiro atoms. The third-order valence-corrected chi connectivity index (χ3v) is 5.04. The molecule has 0 aliphatic carbocycles. The van der Waals surface area contributed by atoms with Crippen LogP contribution < -0.4 is 10.6 Å². The van der Waals surface area contributed by atoms with Crippen molar-refractivity contribution in [3.63, 3.8) is 0 Å². The Morgan fingerprint density at radius 3 is 2.62 bits per heavy atom. The van der Waals surface area contributed by atoms with Gasteiger partial charge < -0.3 is 25.2 Å². The van der Waals surface area contributed by atoms with Gasteiger partial charge in [0.15, 0.2) is 5.96 Å². The lowest BCUT2D eigenvalue weighted by atomic mass is 9.84. The minimum absolute atomic E-state index is 0. The Morgan fingerprint density at radius 1 is 1.15 bits per heavy atom. The Balaban J connectivity index is 0.00000338. The standard InChI is InChI=1S/C18H36N4O3.HI/c1-2-19-17(21-15-18(5-11-23)6-12-25-16-18)20-7-3-4-8-22-9-13-24-14-10-22;/h23H,2-16H2,1H3,(H2,19,20,21);1H. The average molecular weight is 484 g/mol. The lowest BCUT2D eigenvalue weighted by molar-refractivity contribution is 0.0372. The molecule has 26 heavy (non-hydrogen) atoms. The first kappa shape index (κ1) is 23.9. The maximum atomic E-state index is 9.32. The van der Waals surface area contributed by atoms with Crippen molar-refractivity contribution in [3.05, 3.63) is 0 Å². The van der Waals surface area contributed by atoms with E-state index in [0.717, 1.165) is 77.8 Å². The second-order valence-electron chi connectivity index (χ2n) is 7.06. The molecule has 0 bridgehead atoms. The highest BCUT2D eigenvalue weighted by molar-refractivity contribution is 14.0. The van der Waals surface area contributed by atoms with Crippen molar-refractivity contribution in [1.82, 2.24) is 15.5 Å². The van der Waals surface area contributed by atoms with Crippen LogP contribution in [0, 0.1) is 5.41 Å². The summed E-state index contributed by atoms with van der Waals surface area (Å²) in [6, 6.07) is 0. The molecule has 2 heterocycles. The van der Waals surface area contributed by atoms with Crippen molar-refractivity contribution >= 4 is 29.9 Å². The minimum atomic E-state index is 0. The maximum absolute atomic E-state index is 9.32. The third-order valence-electron chi connectivity index (χ3n) is 5.04. The van der Waals surface area contributed by atoms with E-state index in [0.29, 0.717) is 13.2 Å². The Hall–Kier alpha value is -0.160. The van der Waals surface area contributed by atoms with Gasteiger partial charge in [0.1, 0.15) is 0 Å². The van der Waals surface area contributed by atoms with Crippen molar-refractivity contribution in [1.29, 1.82) is 0 Å². The predicted octanol–water partition coefficient (Wildman–Crippen LogP) is 1.06. The van der Waals surface area contributed by atoms with E-state index in [2.05, 4.69) is 22.5 Å². The van der Waals surface area contributed by atoms with Gasteiger partial charge in [0, 0.05) is 44.8 Å². The van der Waals surface area contributed by atoms with E-state index < -0.39 is 0 Å². The van der Waals surface area contributed by atoms with Crippen LogP contribution in [0.1, 0.15) is 32.6 Å². The van der Waals surface area contributed by atoms with E-state index in [4.69, 9.17) is 14.5 Å². The summed E-state index contributed by atoms with van der Waals surface area (Å²) < 4.78 is 10.9. The lowest BCUT2D eigenvalue weighted by Crippen LogP contribution is -2.40. The Bertz CT molecular complexity index is 387. The molecule has 0 saturated carbocycles. The number of halogens is 1. The molecular weight excluding hydrogens is 447 g/mol. The Kier molecular flexibility index (Phi) is 12.8. The molecule has 0 aromatic heterocycles. The number of hydrogen-bond acceptors (Lipinski definition) is 5. The zero-order chi connectivity index (χ0) is 17.8. The number of nitrogens with one attached hydrogen (secondary N) is 2. The van der Waals surface area contributed by atoms with Gasteiger partial charge in [0.2, 0.25) is 0 Å². The van der Waals surface area contributed by atoms with Crippen molar-refractivity contribution in [3.8, 4) is 0 Å². The molecule has 7 nitrogen and oxygen atoms in total. The quantitative estimate of drug-likeness (QED) is 0.186. The SMILES string of the molecule is CCNC(=NCC1(CCO)CCOC1)NCCCCN1CCOCC1.I. The summed E-state index contributed by atoms with van der Waals surface area (Å²) in [7, 11) is 0. The first-order valence-corrected chi connectivity index (χ1v) is 9.79. The second kappa shape index (κ2) is 13.9. The zero-order valence-electron chi connectivity index (χ0n) is 16.2. The smallest absolute Gasteiger partial charge is 0.191 e. The number of morpholine rings is 1. The number of aliphatic hydroxyl groups is 1. The molecule has 0 amide bonds. The topological polar surface area (TPSA) is 78.4 Å². The monoisotopic (exact) mass is 484 g/mol. The van der Waals surface area contributed by atoms with Gasteiger partial charge in [-0.3, -0.25) is 9.89 Å². The van der Waals surface area contributed by atoms with E-state index in [9.17, 15) is 5.11 Å². The van der Waals surface area contributed by atoms with Gasteiger partial charge in [-0.1, -0.05) is 0 Å². The van der Waals surface area contributed by atoms with Crippen LogP contribution in [0.4, 0.5) is 0 Å². The van der Waals surface area contributed by atoms with Gasteiger partial charge in [0.25, 0.3) is 0 Å². The number of aliphatic imine (C=N–C) groups is 1. The largest absolute Gasteiger partial charge is 0.396 e. The van der Waals surface area contributed by atoms with Gasteiger partial charge in [-0.15, -0.1) is 24.0 Å². The highest BCUT2D eigenvalue weighted by Crippen LogP contribution is 2.32. The molecule has 1 unspecified atom stereocenters. The molecule has 8 heteroatoms. The number of nitrogens with zero attached hydrogens (tertiary/aromatic N) is 2. The van der Waals surface area contributed by atoms with Crippen molar-refractivity contribution in [2.24, 2.45) is 10.4 Å². The van der Waals surface area contributed by atoms with E-state index in [1.807, 2.05) is 0 Å².